The molecule has 0 aliphatic carbocycles. The third kappa shape index (κ3) is 4.83. The first kappa shape index (κ1) is 15.9. The third-order valence-electron chi connectivity index (χ3n) is 2.55. The van der Waals surface area contributed by atoms with Gasteiger partial charge in [0.25, 0.3) is 0 Å². The number of amides is 1. The van der Waals surface area contributed by atoms with Crippen LogP contribution < -0.4 is 5.32 Å². The minimum atomic E-state index is -0.740. The van der Waals surface area contributed by atoms with Crippen molar-refractivity contribution in [3.8, 4) is 0 Å². The molecule has 1 atom stereocenters. The van der Waals surface area contributed by atoms with Gasteiger partial charge in [-0.3, -0.25) is 9.97 Å². The molecule has 0 saturated carbocycles. The number of aryl methyl sites for hydroxylation is 1. The van der Waals surface area contributed by atoms with E-state index >= 15 is 0 Å². The van der Waals surface area contributed by atoms with Crippen molar-refractivity contribution in [2.24, 2.45) is 5.92 Å². The molecule has 110 valence electrons. The van der Waals surface area contributed by atoms with Crippen LogP contribution in [0.2, 0.25) is 0 Å². The summed E-state index contributed by atoms with van der Waals surface area (Å²) in [4.78, 5) is 31.2. The van der Waals surface area contributed by atoms with Gasteiger partial charge in [-0.05, 0) is 12.8 Å². The Balaban J connectivity index is 2.52. The number of methoxy groups -OCH3 is 1. The maximum Gasteiger partial charge on any atom is 0.408 e. The molecule has 7 nitrogen and oxygen atoms in total. The highest BCUT2D eigenvalue weighted by atomic mass is 16.6. The van der Waals surface area contributed by atoms with Gasteiger partial charge in [-0.2, -0.15) is 0 Å². The van der Waals surface area contributed by atoms with Crippen molar-refractivity contribution in [1.29, 1.82) is 0 Å². The average molecular weight is 281 g/mol. The molecule has 1 rings (SSSR count). The van der Waals surface area contributed by atoms with E-state index in [1.54, 1.807) is 27.0 Å². The zero-order valence-electron chi connectivity index (χ0n) is 12.0. The maximum atomic E-state index is 11.6. The topological polar surface area (TPSA) is 90.4 Å². The first-order valence-electron chi connectivity index (χ1n) is 6.22. The van der Waals surface area contributed by atoms with Gasteiger partial charge in [-0.15, -0.1) is 0 Å². The number of alkyl carbamates (subject to hydrolysis) is 1. The molecule has 7 heteroatoms. The van der Waals surface area contributed by atoms with Crippen LogP contribution in [-0.2, 0) is 20.9 Å². The SMILES string of the molecule is COC(=O)[C@@H](NC(=O)OCc1cncc(C)n1)C(C)C. The molecule has 0 aliphatic heterocycles. The summed E-state index contributed by atoms with van der Waals surface area (Å²) in [5.41, 5.74) is 1.28. The lowest BCUT2D eigenvalue weighted by Gasteiger charge is -2.19. The summed E-state index contributed by atoms with van der Waals surface area (Å²) in [6, 6.07) is -0.740. The lowest BCUT2D eigenvalue weighted by molar-refractivity contribution is -0.144. The van der Waals surface area contributed by atoms with Crippen LogP contribution in [0.4, 0.5) is 4.79 Å². The number of carbonyl (C=O) groups excluding carboxylic acids is 2. The summed E-state index contributed by atoms with van der Waals surface area (Å²) in [5.74, 6) is -0.610. The average Bonchev–Trinajstić information content (AvgIpc) is 2.41. The predicted octanol–water partition coefficient (Wildman–Crippen LogP) is 1.21. The molecule has 0 aromatic carbocycles. The lowest BCUT2D eigenvalue weighted by atomic mass is 10.1. The van der Waals surface area contributed by atoms with Gasteiger partial charge in [-0.1, -0.05) is 13.8 Å². The van der Waals surface area contributed by atoms with Gasteiger partial charge >= 0.3 is 12.1 Å². The van der Waals surface area contributed by atoms with E-state index in [4.69, 9.17) is 4.74 Å². The van der Waals surface area contributed by atoms with E-state index < -0.39 is 18.1 Å². The molecule has 0 bridgehead atoms. The fourth-order valence-electron chi connectivity index (χ4n) is 1.52. The van der Waals surface area contributed by atoms with Gasteiger partial charge in [0.2, 0.25) is 0 Å². The van der Waals surface area contributed by atoms with E-state index in [-0.39, 0.29) is 12.5 Å². The molecule has 0 radical (unpaired) electrons. The van der Waals surface area contributed by atoms with E-state index in [0.29, 0.717) is 5.69 Å². The fraction of sp³-hybridized carbons (Fsp3) is 0.538. The van der Waals surface area contributed by atoms with Gasteiger partial charge < -0.3 is 14.8 Å². The van der Waals surface area contributed by atoms with Crippen LogP contribution in [0, 0.1) is 12.8 Å². The molecule has 1 aromatic heterocycles. The van der Waals surface area contributed by atoms with Crippen LogP contribution in [0.15, 0.2) is 12.4 Å². The van der Waals surface area contributed by atoms with Crippen LogP contribution in [-0.4, -0.2) is 35.2 Å². The molecule has 1 heterocycles. The summed E-state index contributed by atoms with van der Waals surface area (Å²) in [7, 11) is 1.27. The largest absolute Gasteiger partial charge is 0.467 e. The van der Waals surface area contributed by atoms with Crippen molar-refractivity contribution in [2.45, 2.75) is 33.4 Å². The summed E-state index contributed by atoms with van der Waals surface area (Å²) < 4.78 is 9.62. The molecule has 0 saturated heterocycles. The molecule has 0 unspecified atom stereocenters. The number of ether oxygens (including phenoxy) is 2. The molecule has 0 spiro atoms. The van der Waals surface area contributed by atoms with Crippen LogP contribution >= 0.6 is 0 Å². The highest BCUT2D eigenvalue weighted by Gasteiger charge is 2.25. The van der Waals surface area contributed by atoms with E-state index in [1.165, 1.54) is 13.3 Å². The number of aromatic nitrogens is 2. The second-order valence-electron chi connectivity index (χ2n) is 4.62. The normalized spacial score (nSPS) is 11.8. The van der Waals surface area contributed by atoms with Crippen molar-refractivity contribution in [2.75, 3.05) is 7.11 Å². The molecular weight excluding hydrogens is 262 g/mol. The number of nitrogens with zero attached hydrogens (tertiary/aromatic N) is 2. The highest BCUT2D eigenvalue weighted by molar-refractivity contribution is 5.81. The van der Waals surface area contributed by atoms with E-state index in [9.17, 15) is 9.59 Å². The Kier molecular flexibility index (Phi) is 5.89. The Morgan fingerprint density at radius 1 is 1.35 bits per heavy atom. The second kappa shape index (κ2) is 7.42. The summed E-state index contributed by atoms with van der Waals surface area (Å²) in [6.07, 6.45) is 2.42. The van der Waals surface area contributed by atoms with Gasteiger partial charge in [-0.25, -0.2) is 9.59 Å². The Bertz CT molecular complexity index is 476. The van der Waals surface area contributed by atoms with Crippen LogP contribution in [0.5, 0.6) is 0 Å². The second-order valence-corrected chi connectivity index (χ2v) is 4.62. The minimum absolute atomic E-state index is 0.00744. The predicted molar refractivity (Wildman–Crippen MR) is 70.7 cm³/mol. The number of esters is 1. The number of rotatable bonds is 5. The monoisotopic (exact) mass is 281 g/mol. The van der Waals surface area contributed by atoms with Crippen molar-refractivity contribution in [3.63, 3.8) is 0 Å². The zero-order chi connectivity index (χ0) is 15.1. The van der Waals surface area contributed by atoms with Crippen molar-refractivity contribution >= 4 is 12.1 Å². The van der Waals surface area contributed by atoms with Crippen LogP contribution in [0.25, 0.3) is 0 Å². The van der Waals surface area contributed by atoms with Gasteiger partial charge in [0.05, 0.1) is 24.7 Å². The highest BCUT2D eigenvalue weighted by Crippen LogP contribution is 2.04. The van der Waals surface area contributed by atoms with Crippen molar-refractivity contribution in [3.05, 3.63) is 23.8 Å². The Labute approximate surface area is 117 Å². The molecule has 0 aliphatic rings. The van der Waals surface area contributed by atoms with Crippen LogP contribution in [0.1, 0.15) is 25.2 Å². The zero-order valence-corrected chi connectivity index (χ0v) is 12.0. The Morgan fingerprint density at radius 3 is 2.60 bits per heavy atom. The Morgan fingerprint density at radius 2 is 2.05 bits per heavy atom. The number of nitrogens with one attached hydrogen (secondary N) is 1. The quantitative estimate of drug-likeness (QED) is 0.816. The van der Waals surface area contributed by atoms with Crippen molar-refractivity contribution < 1.29 is 19.1 Å². The summed E-state index contributed by atoms with van der Waals surface area (Å²) in [6.45, 7) is 5.39. The van der Waals surface area contributed by atoms with Gasteiger partial charge in [0.15, 0.2) is 0 Å². The summed E-state index contributed by atoms with van der Waals surface area (Å²) in [5, 5.41) is 2.47. The summed E-state index contributed by atoms with van der Waals surface area (Å²) >= 11 is 0. The first-order chi connectivity index (χ1) is 9.43. The minimum Gasteiger partial charge on any atom is -0.467 e. The molecule has 0 fully saturated rings. The lowest BCUT2D eigenvalue weighted by Crippen LogP contribution is -2.45. The smallest absolute Gasteiger partial charge is 0.408 e. The third-order valence-corrected chi connectivity index (χ3v) is 2.55. The van der Waals surface area contributed by atoms with Gasteiger partial charge in [0.1, 0.15) is 12.6 Å². The van der Waals surface area contributed by atoms with Crippen LogP contribution in [0.3, 0.4) is 0 Å². The fourth-order valence-corrected chi connectivity index (χ4v) is 1.52. The molecule has 20 heavy (non-hydrogen) atoms. The van der Waals surface area contributed by atoms with Gasteiger partial charge in [0, 0.05) is 6.20 Å². The number of hydrogen-bond acceptors (Lipinski definition) is 6. The number of carbonyl (C=O) groups is 2. The number of hydrogen-bond donors (Lipinski definition) is 1. The molecular formula is C13H19N3O4. The van der Waals surface area contributed by atoms with E-state index in [1.807, 2.05) is 0 Å². The first-order valence-corrected chi connectivity index (χ1v) is 6.22. The van der Waals surface area contributed by atoms with E-state index in [2.05, 4.69) is 20.0 Å². The van der Waals surface area contributed by atoms with E-state index in [0.717, 1.165) is 5.69 Å². The molecule has 1 N–H and O–H groups in total. The molecule has 1 aromatic rings. The Hall–Kier alpha value is -2.18. The van der Waals surface area contributed by atoms with Crippen molar-refractivity contribution in [1.82, 2.24) is 15.3 Å². The standard InChI is InChI=1S/C13H19N3O4/c1-8(2)11(12(17)19-4)16-13(18)20-7-10-6-14-5-9(3)15-10/h5-6,8,11H,7H2,1-4H3,(H,16,18)/t11-/m0/s1. The maximum absolute atomic E-state index is 11.6. The molecule has 1 amide bonds.